The maximum absolute atomic E-state index is 8.86. The number of azo groups is 1. The number of rotatable bonds is 2. The van der Waals surface area contributed by atoms with Crippen LogP contribution in [0.1, 0.15) is 5.69 Å². The molecule has 2 heterocycles. The van der Waals surface area contributed by atoms with Crippen molar-refractivity contribution in [3.63, 3.8) is 0 Å². The second-order valence-corrected chi connectivity index (χ2v) is 4.05. The minimum absolute atomic E-state index is 0.0310. The molecule has 0 aliphatic carbocycles. The molecule has 1 aromatic carbocycles. The highest BCUT2D eigenvalue weighted by atomic mass is 15.4. The van der Waals surface area contributed by atoms with E-state index in [4.69, 9.17) is 16.7 Å². The van der Waals surface area contributed by atoms with E-state index in [2.05, 4.69) is 25.5 Å². The van der Waals surface area contributed by atoms with Crippen molar-refractivity contribution >= 4 is 28.7 Å². The summed E-state index contributed by atoms with van der Waals surface area (Å²) in [6.45, 7) is 0. The average molecular weight is 279 g/mol. The van der Waals surface area contributed by atoms with Crippen LogP contribution in [0.25, 0.3) is 5.65 Å². The Morgan fingerprint density at radius 2 is 1.86 bits per heavy atom. The second-order valence-electron chi connectivity index (χ2n) is 4.05. The van der Waals surface area contributed by atoms with Crippen molar-refractivity contribution in [2.45, 2.75) is 0 Å². The molecule has 0 aliphatic rings. The van der Waals surface area contributed by atoms with Crippen LogP contribution in [0, 0.1) is 11.3 Å². The summed E-state index contributed by atoms with van der Waals surface area (Å²) >= 11 is 0. The third-order valence-corrected chi connectivity index (χ3v) is 2.71. The van der Waals surface area contributed by atoms with Crippen LogP contribution in [-0.2, 0) is 0 Å². The molecule has 0 fully saturated rings. The molecule has 0 saturated carbocycles. The SMILES string of the molecule is N#Cc1nnc2c(N=Nc3ccccc3)c(N)nn2c1N. The lowest BCUT2D eigenvalue weighted by Crippen LogP contribution is -2.05. The van der Waals surface area contributed by atoms with Gasteiger partial charge in [-0.1, -0.05) is 18.2 Å². The molecule has 0 radical (unpaired) electrons. The van der Waals surface area contributed by atoms with Crippen molar-refractivity contribution < 1.29 is 0 Å². The number of nitrogens with zero attached hydrogens (tertiary/aromatic N) is 7. The number of nitriles is 1. The fraction of sp³-hybridized carbons (Fsp3) is 0. The predicted octanol–water partition coefficient (Wildman–Crippen LogP) is 1.58. The summed E-state index contributed by atoms with van der Waals surface area (Å²) in [6.07, 6.45) is 0. The lowest BCUT2D eigenvalue weighted by Gasteiger charge is -1.97. The van der Waals surface area contributed by atoms with E-state index in [1.807, 2.05) is 24.3 Å². The summed E-state index contributed by atoms with van der Waals surface area (Å²) in [7, 11) is 0. The van der Waals surface area contributed by atoms with Crippen molar-refractivity contribution in [3.05, 3.63) is 36.0 Å². The van der Waals surface area contributed by atoms with E-state index in [0.717, 1.165) is 0 Å². The first-order valence-electron chi connectivity index (χ1n) is 5.88. The Morgan fingerprint density at radius 3 is 2.57 bits per heavy atom. The van der Waals surface area contributed by atoms with E-state index in [9.17, 15) is 0 Å². The van der Waals surface area contributed by atoms with Gasteiger partial charge in [-0.2, -0.15) is 14.9 Å². The van der Waals surface area contributed by atoms with Gasteiger partial charge in [0.15, 0.2) is 17.3 Å². The van der Waals surface area contributed by atoms with Gasteiger partial charge in [0, 0.05) is 0 Å². The lowest BCUT2D eigenvalue weighted by atomic mass is 10.3. The van der Waals surface area contributed by atoms with Crippen molar-refractivity contribution in [2.24, 2.45) is 10.2 Å². The van der Waals surface area contributed by atoms with Crippen LogP contribution >= 0.6 is 0 Å². The summed E-state index contributed by atoms with van der Waals surface area (Å²) in [5.41, 5.74) is 12.7. The van der Waals surface area contributed by atoms with Gasteiger partial charge in [-0.25, -0.2) is 0 Å². The van der Waals surface area contributed by atoms with Crippen LogP contribution in [-0.4, -0.2) is 19.8 Å². The molecule has 4 N–H and O–H groups in total. The molecule has 0 aliphatic heterocycles. The normalized spacial score (nSPS) is 11.0. The smallest absolute Gasteiger partial charge is 0.209 e. The average Bonchev–Trinajstić information content (AvgIpc) is 2.83. The van der Waals surface area contributed by atoms with Gasteiger partial charge in [-0.05, 0) is 12.1 Å². The minimum atomic E-state index is -0.0310. The molecule has 0 bridgehead atoms. The predicted molar refractivity (Wildman–Crippen MR) is 74.9 cm³/mol. The zero-order valence-corrected chi connectivity index (χ0v) is 10.7. The van der Waals surface area contributed by atoms with Gasteiger partial charge >= 0.3 is 0 Å². The highest BCUT2D eigenvalue weighted by molar-refractivity contribution is 5.76. The maximum Gasteiger partial charge on any atom is 0.209 e. The first-order chi connectivity index (χ1) is 10.2. The molecule has 0 saturated heterocycles. The summed E-state index contributed by atoms with van der Waals surface area (Å²) in [4.78, 5) is 0. The Balaban J connectivity index is 2.12. The van der Waals surface area contributed by atoms with Gasteiger partial charge in [0.25, 0.3) is 0 Å². The molecule has 0 amide bonds. The number of nitrogens with two attached hydrogens (primary N) is 2. The molecule has 9 nitrogen and oxygen atoms in total. The van der Waals surface area contributed by atoms with Crippen molar-refractivity contribution in [3.8, 4) is 6.07 Å². The molecule has 9 heteroatoms. The highest BCUT2D eigenvalue weighted by Gasteiger charge is 2.16. The van der Waals surface area contributed by atoms with Crippen molar-refractivity contribution in [1.82, 2.24) is 19.8 Å². The van der Waals surface area contributed by atoms with Gasteiger partial charge in [-0.3, -0.25) is 0 Å². The largest absolute Gasteiger partial charge is 0.381 e. The Hall–Kier alpha value is -3.54. The molecule has 3 rings (SSSR count). The van der Waals surface area contributed by atoms with Gasteiger partial charge < -0.3 is 11.5 Å². The fourth-order valence-corrected chi connectivity index (χ4v) is 1.70. The van der Waals surface area contributed by atoms with Gasteiger partial charge in [-0.15, -0.1) is 20.4 Å². The zero-order chi connectivity index (χ0) is 14.8. The van der Waals surface area contributed by atoms with Gasteiger partial charge in [0.05, 0.1) is 5.69 Å². The molecule has 3 aromatic rings. The summed E-state index contributed by atoms with van der Waals surface area (Å²) in [5.74, 6) is 0.154. The van der Waals surface area contributed by atoms with Crippen LogP contribution in [0.4, 0.5) is 23.0 Å². The molecule has 102 valence electrons. The van der Waals surface area contributed by atoms with Crippen LogP contribution in [0.3, 0.4) is 0 Å². The Morgan fingerprint density at radius 1 is 1.10 bits per heavy atom. The number of aromatic nitrogens is 4. The Labute approximate surface area is 118 Å². The van der Waals surface area contributed by atoms with Crippen LogP contribution < -0.4 is 11.5 Å². The molecule has 0 atom stereocenters. The third-order valence-electron chi connectivity index (χ3n) is 2.71. The molecular weight excluding hydrogens is 270 g/mol. The summed E-state index contributed by atoms with van der Waals surface area (Å²) in [6, 6.07) is 11.0. The van der Waals surface area contributed by atoms with Crippen molar-refractivity contribution in [2.75, 3.05) is 11.5 Å². The molecule has 0 spiro atoms. The van der Waals surface area contributed by atoms with Crippen LogP contribution in [0.15, 0.2) is 40.6 Å². The second kappa shape index (κ2) is 4.86. The number of anilines is 2. The zero-order valence-electron chi connectivity index (χ0n) is 10.7. The highest BCUT2D eigenvalue weighted by Crippen LogP contribution is 2.29. The van der Waals surface area contributed by atoms with E-state index in [1.165, 1.54) is 4.52 Å². The Kier molecular flexibility index (Phi) is 2.89. The number of fused-ring (bicyclic) bond motifs is 1. The van der Waals surface area contributed by atoms with E-state index in [-0.39, 0.29) is 28.7 Å². The van der Waals surface area contributed by atoms with E-state index in [1.54, 1.807) is 12.1 Å². The van der Waals surface area contributed by atoms with Crippen LogP contribution in [0.5, 0.6) is 0 Å². The first-order valence-corrected chi connectivity index (χ1v) is 5.88. The van der Waals surface area contributed by atoms with E-state index in [0.29, 0.717) is 5.69 Å². The number of nitrogen functional groups attached to an aromatic ring is 2. The lowest BCUT2D eigenvalue weighted by molar-refractivity contribution is 0.894. The van der Waals surface area contributed by atoms with E-state index < -0.39 is 0 Å². The van der Waals surface area contributed by atoms with Gasteiger partial charge in [0.2, 0.25) is 11.3 Å². The molecule has 0 unspecified atom stereocenters. The molecule has 2 aromatic heterocycles. The number of hydrogen-bond donors (Lipinski definition) is 2. The van der Waals surface area contributed by atoms with E-state index >= 15 is 0 Å². The molecule has 21 heavy (non-hydrogen) atoms. The summed E-state index contributed by atoms with van der Waals surface area (Å²) < 4.78 is 1.22. The fourth-order valence-electron chi connectivity index (χ4n) is 1.70. The first kappa shape index (κ1) is 12.5. The van der Waals surface area contributed by atoms with Crippen LogP contribution in [0.2, 0.25) is 0 Å². The number of hydrogen-bond acceptors (Lipinski definition) is 8. The summed E-state index contributed by atoms with van der Waals surface area (Å²) in [5, 5.41) is 28.5. The van der Waals surface area contributed by atoms with Crippen molar-refractivity contribution in [1.29, 1.82) is 5.26 Å². The van der Waals surface area contributed by atoms with Gasteiger partial charge in [0.1, 0.15) is 6.07 Å². The topological polar surface area (TPSA) is 144 Å². The third kappa shape index (κ3) is 2.10. The maximum atomic E-state index is 8.86. The number of benzene rings is 1. The standard InChI is InChI=1S/C12H9N9/c13-6-8-11(15)21-12(19-17-8)9(10(14)20-21)18-16-7-4-2-1-3-5-7/h1-5H,15H2,(H2,14,20). The molecular formula is C12H9N9. The minimum Gasteiger partial charge on any atom is -0.381 e. The monoisotopic (exact) mass is 279 g/mol. The Bertz CT molecular complexity index is 873. The quantitative estimate of drug-likeness (QED) is 0.681.